The van der Waals surface area contributed by atoms with Crippen LogP contribution < -0.4 is 10.6 Å². The van der Waals surface area contributed by atoms with E-state index in [1.165, 1.54) is 12.3 Å². The molecule has 2 aromatic heterocycles. The average molecular weight is 799 g/mol. The third-order valence-corrected chi connectivity index (χ3v) is 12.0. The van der Waals surface area contributed by atoms with Crippen LogP contribution >= 0.6 is 0 Å². The Bertz CT molecular complexity index is 2180. The number of carboxylic acid groups (broad SMARTS) is 1. The fraction of sp³-hybridized carbons (Fsp3) is 0.476. The fourth-order valence-electron chi connectivity index (χ4n) is 8.67. The van der Waals surface area contributed by atoms with E-state index in [9.17, 15) is 24.3 Å². The molecule has 0 bridgehead atoms. The summed E-state index contributed by atoms with van der Waals surface area (Å²) in [5.41, 5.74) is 4.66. The zero-order chi connectivity index (χ0) is 41.1. The van der Waals surface area contributed by atoms with Crippen LogP contribution in [0.5, 0.6) is 0 Å². The van der Waals surface area contributed by atoms with Gasteiger partial charge in [0.2, 0.25) is 5.91 Å². The average Bonchev–Trinajstić information content (AvgIpc) is 3.76. The maximum atomic E-state index is 15.5. The van der Waals surface area contributed by atoms with Gasteiger partial charge in [0, 0.05) is 112 Å². The molecule has 3 aliphatic rings. The van der Waals surface area contributed by atoms with Gasteiger partial charge >= 0.3 is 5.97 Å². The maximum Gasteiger partial charge on any atom is 0.359 e. The molecule has 2 aromatic carbocycles. The van der Waals surface area contributed by atoms with Gasteiger partial charge in [0.1, 0.15) is 5.82 Å². The number of hydrogen-bond donors (Lipinski definition) is 3. The molecule has 0 spiro atoms. The van der Waals surface area contributed by atoms with Crippen molar-refractivity contribution in [3.05, 3.63) is 77.3 Å². The number of hydrogen-bond acceptors (Lipinski definition) is 8. The number of aliphatic carboxylic acids is 1. The van der Waals surface area contributed by atoms with Crippen LogP contribution in [0.2, 0.25) is 0 Å². The lowest BCUT2D eigenvalue weighted by molar-refractivity contribution is -0.929. The largest absolute Gasteiger partial charge is 0.477 e. The molecule has 3 aliphatic heterocycles. The molecule has 3 fully saturated rings. The number of aromatic nitrogens is 4. The van der Waals surface area contributed by atoms with Crippen molar-refractivity contribution >= 4 is 29.4 Å². The minimum atomic E-state index is -0.792. The Morgan fingerprint density at radius 2 is 1.72 bits per heavy atom. The molecule has 3 N–H and O–H groups in total. The number of ether oxygens (including phenoxy) is 1. The zero-order valence-electron chi connectivity index (χ0n) is 33.7. The van der Waals surface area contributed by atoms with Gasteiger partial charge in [-0.15, -0.1) is 0 Å². The first-order chi connectivity index (χ1) is 27.8. The third-order valence-electron chi connectivity index (χ3n) is 12.0. The Kier molecular flexibility index (Phi) is 12.1. The highest BCUT2D eigenvalue weighted by molar-refractivity contribution is 6.03. The van der Waals surface area contributed by atoms with Crippen molar-refractivity contribution in [1.82, 2.24) is 34.4 Å². The number of methoxy groups -OCH3 is 1. The number of rotatable bonds is 13. The van der Waals surface area contributed by atoms with Crippen molar-refractivity contribution in [3.63, 3.8) is 0 Å². The van der Waals surface area contributed by atoms with Crippen LogP contribution in [0.15, 0.2) is 48.8 Å². The number of piperazine rings is 1. The summed E-state index contributed by atoms with van der Waals surface area (Å²) in [6, 6.07) is 10.1. The second kappa shape index (κ2) is 17.2. The van der Waals surface area contributed by atoms with Crippen molar-refractivity contribution in [2.75, 3.05) is 84.5 Å². The number of carboxylic acids is 1. The molecule has 0 aliphatic carbocycles. The van der Waals surface area contributed by atoms with Gasteiger partial charge < -0.3 is 39.3 Å². The van der Waals surface area contributed by atoms with Gasteiger partial charge in [-0.2, -0.15) is 5.10 Å². The number of aryl methyl sites for hydroxylation is 2. The Morgan fingerprint density at radius 3 is 2.36 bits per heavy atom. The van der Waals surface area contributed by atoms with Gasteiger partial charge in [-0.25, -0.2) is 14.2 Å². The number of benzene rings is 2. The van der Waals surface area contributed by atoms with Crippen LogP contribution in [0.1, 0.15) is 45.1 Å². The molecule has 58 heavy (non-hydrogen) atoms. The molecule has 3 amide bonds. The number of anilines is 1. The van der Waals surface area contributed by atoms with E-state index < -0.39 is 17.7 Å². The van der Waals surface area contributed by atoms with Gasteiger partial charge in [0.05, 0.1) is 50.4 Å². The smallest absolute Gasteiger partial charge is 0.359 e. The van der Waals surface area contributed by atoms with E-state index >= 15 is 4.39 Å². The monoisotopic (exact) mass is 798 g/mol. The molecule has 0 saturated carbocycles. The highest BCUT2D eigenvalue weighted by atomic mass is 19.1. The molecule has 308 valence electrons. The van der Waals surface area contributed by atoms with Crippen molar-refractivity contribution in [3.8, 4) is 22.4 Å². The Hall–Kier alpha value is -5.45. The summed E-state index contributed by atoms with van der Waals surface area (Å²) in [4.78, 5) is 60.2. The van der Waals surface area contributed by atoms with E-state index in [1.807, 2.05) is 18.7 Å². The molecular formula is C42H53FN9O6+. The predicted octanol–water partition coefficient (Wildman–Crippen LogP) is 3.42. The SMILES string of the molecule is COCCn1cc(-c2ccc(-c3cnc(C(=O)Nc4ccc(C(=O)N5CCN(C(=O)[C@H]6CC[N@+](CC(=O)O)(CC7CNC7)CC6)CC5)c(C)c4)n3C)cc2F)c(C)n1. The number of quaternary nitrogens is 1. The Morgan fingerprint density at radius 1 is 1.00 bits per heavy atom. The van der Waals surface area contributed by atoms with Crippen LogP contribution in [0.3, 0.4) is 0 Å². The van der Waals surface area contributed by atoms with E-state index in [0.29, 0.717) is 121 Å². The van der Waals surface area contributed by atoms with E-state index in [1.54, 1.807) is 64.8 Å². The summed E-state index contributed by atoms with van der Waals surface area (Å²) >= 11 is 0. The number of nitrogens with zero attached hydrogens (tertiary/aromatic N) is 7. The first-order valence-electron chi connectivity index (χ1n) is 20.0. The number of carbonyl (C=O) groups excluding carboxylic acids is 3. The van der Waals surface area contributed by atoms with Crippen LogP contribution in [0.25, 0.3) is 22.4 Å². The Labute approximate surface area is 337 Å². The van der Waals surface area contributed by atoms with Crippen LogP contribution in [0.4, 0.5) is 10.1 Å². The molecule has 7 rings (SSSR count). The first-order valence-corrected chi connectivity index (χ1v) is 20.0. The van der Waals surface area contributed by atoms with Crippen molar-refractivity contribution < 1.29 is 37.9 Å². The summed E-state index contributed by atoms with van der Waals surface area (Å²) in [5.74, 6) is -1.21. The predicted molar refractivity (Wildman–Crippen MR) is 214 cm³/mol. The van der Waals surface area contributed by atoms with Gasteiger partial charge in [-0.1, -0.05) is 12.1 Å². The number of amides is 3. The second-order valence-electron chi connectivity index (χ2n) is 16.0. The van der Waals surface area contributed by atoms with Gasteiger partial charge in [-0.3, -0.25) is 19.1 Å². The van der Waals surface area contributed by atoms with Crippen LogP contribution in [-0.2, 0) is 27.9 Å². The minimum Gasteiger partial charge on any atom is -0.477 e. The van der Waals surface area contributed by atoms with Gasteiger partial charge in [0.15, 0.2) is 12.4 Å². The zero-order valence-corrected chi connectivity index (χ0v) is 33.7. The Balaban J connectivity index is 0.925. The quantitative estimate of drug-likeness (QED) is 0.172. The molecule has 0 radical (unpaired) electrons. The first kappa shape index (κ1) is 40.7. The van der Waals surface area contributed by atoms with Crippen LogP contribution in [0, 0.1) is 31.5 Å². The molecule has 15 nitrogen and oxygen atoms in total. The number of piperidine rings is 1. The lowest BCUT2D eigenvalue weighted by atomic mass is 9.90. The fourth-order valence-corrected chi connectivity index (χ4v) is 8.67. The molecule has 16 heteroatoms. The molecule has 4 aromatic rings. The second-order valence-corrected chi connectivity index (χ2v) is 16.0. The summed E-state index contributed by atoms with van der Waals surface area (Å²) < 4.78 is 24.5. The number of halogens is 1. The van der Waals surface area contributed by atoms with E-state index in [-0.39, 0.29) is 30.1 Å². The third kappa shape index (κ3) is 8.68. The number of carbonyl (C=O) groups is 4. The molecule has 0 unspecified atom stereocenters. The lowest BCUT2D eigenvalue weighted by Crippen LogP contribution is -2.62. The normalized spacial score (nSPS) is 19.8. The topological polar surface area (TPSA) is 164 Å². The number of imidazole rings is 1. The van der Waals surface area contributed by atoms with E-state index in [0.717, 1.165) is 19.6 Å². The maximum absolute atomic E-state index is 15.5. The van der Waals surface area contributed by atoms with Crippen molar-refractivity contribution in [2.45, 2.75) is 33.2 Å². The summed E-state index contributed by atoms with van der Waals surface area (Å²) in [6.45, 7) is 10.6. The number of likely N-dealkylation sites (tertiary alicyclic amines) is 1. The van der Waals surface area contributed by atoms with Gasteiger partial charge in [0.25, 0.3) is 11.8 Å². The molecule has 5 heterocycles. The van der Waals surface area contributed by atoms with Crippen molar-refractivity contribution in [2.24, 2.45) is 18.9 Å². The lowest BCUT2D eigenvalue weighted by Gasteiger charge is -2.46. The van der Waals surface area contributed by atoms with Crippen molar-refractivity contribution in [1.29, 1.82) is 0 Å². The molecular weight excluding hydrogens is 746 g/mol. The van der Waals surface area contributed by atoms with Crippen LogP contribution in [-0.4, -0.2) is 142 Å². The summed E-state index contributed by atoms with van der Waals surface area (Å²) in [7, 11) is 3.32. The highest BCUT2D eigenvalue weighted by Crippen LogP contribution is 2.31. The van der Waals surface area contributed by atoms with E-state index in [4.69, 9.17) is 4.74 Å². The molecule has 3 saturated heterocycles. The summed E-state index contributed by atoms with van der Waals surface area (Å²) in [6.07, 6.45) is 4.69. The highest BCUT2D eigenvalue weighted by Gasteiger charge is 2.42. The molecule has 0 atom stereocenters. The minimum absolute atomic E-state index is 0.0974. The summed E-state index contributed by atoms with van der Waals surface area (Å²) in [5, 5.41) is 20.2. The van der Waals surface area contributed by atoms with E-state index in [2.05, 4.69) is 20.7 Å². The standard InChI is InChI=1S/C42H52FN9O6/c1-27-19-32(46-40(55)39-45-23-37(48(39)3)31-5-7-34(36(43)20-31)35-24-51(15-18-58-4)47-28(35)2)6-8-33(27)42(57)50-13-11-49(12-14-50)41(56)30-9-16-52(17-10-30,26-38(53)54)25-29-21-44-22-29/h5-8,19-20,23-24,29-30,44H,9-18,21-22,25-26H2,1-4H3,(H-,46,53,54,55,57)/p+1/t30-,52+. The number of nitrogens with one attached hydrogen (secondary N) is 2. The van der Waals surface area contributed by atoms with Gasteiger partial charge in [-0.05, 0) is 43.7 Å².